The molecule has 1 N–H and O–H groups in total. The molecular formula is C13H14N2O. The molecule has 1 aromatic carbocycles. The molecule has 0 atom stereocenters. The number of hydrogen-bond donors (Lipinski definition) is 1. The van der Waals surface area contributed by atoms with E-state index in [0.717, 1.165) is 11.4 Å². The first-order valence-corrected chi connectivity index (χ1v) is 5.12. The van der Waals surface area contributed by atoms with Gasteiger partial charge in [0.15, 0.2) is 0 Å². The number of nitrogens with zero attached hydrogens (tertiary/aromatic N) is 2. The van der Waals surface area contributed by atoms with Crippen LogP contribution in [0.4, 0.5) is 5.69 Å². The molecule has 0 amide bonds. The van der Waals surface area contributed by atoms with Crippen molar-refractivity contribution in [1.29, 1.82) is 0 Å². The van der Waals surface area contributed by atoms with E-state index in [2.05, 4.69) is 22.5 Å². The number of aliphatic imine (C=N–C) groups is 1. The second-order valence-corrected chi connectivity index (χ2v) is 3.73. The Morgan fingerprint density at radius 1 is 1.12 bits per heavy atom. The molecule has 1 heterocycles. The smallest absolute Gasteiger partial charge is 0.115 e. The fourth-order valence-electron chi connectivity index (χ4n) is 1.44. The lowest BCUT2D eigenvalue weighted by atomic mass is 10.3. The van der Waals surface area contributed by atoms with Gasteiger partial charge in [0.05, 0.1) is 17.6 Å². The lowest BCUT2D eigenvalue weighted by Crippen LogP contribution is -1.96. The van der Waals surface area contributed by atoms with Gasteiger partial charge in [0.25, 0.3) is 0 Å². The Kier molecular flexibility index (Phi) is 2.77. The van der Waals surface area contributed by atoms with Crippen LogP contribution in [0, 0.1) is 6.92 Å². The molecule has 3 nitrogen and oxygen atoms in total. The van der Waals surface area contributed by atoms with Gasteiger partial charge in [0, 0.05) is 12.7 Å². The molecule has 3 heteroatoms. The highest BCUT2D eigenvalue weighted by molar-refractivity contribution is 5.80. The van der Waals surface area contributed by atoms with E-state index in [1.54, 1.807) is 24.3 Å². The summed E-state index contributed by atoms with van der Waals surface area (Å²) in [5.74, 6) is 0.258. The third-order valence-corrected chi connectivity index (χ3v) is 2.61. The second kappa shape index (κ2) is 4.23. The van der Waals surface area contributed by atoms with Gasteiger partial charge in [0.1, 0.15) is 5.75 Å². The predicted octanol–water partition coefficient (Wildman–Crippen LogP) is 2.79. The molecule has 2 rings (SSSR count). The molecule has 1 aromatic heterocycles. The highest BCUT2D eigenvalue weighted by Gasteiger charge is 1.97. The van der Waals surface area contributed by atoms with Gasteiger partial charge in [-0.05, 0) is 43.3 Å². The zero-order valence-electron chi connectivity index (χ0n) is 9.38. The van der Waals surface area contributed by atoms with Gasteiger partial charge in [-0.3, -0.25) is 4.99 Å². The number of aryl methyl sites for hydroxylation is 1. The Morgan fingerprint density at radius 2 is 1.81 bits per heavy atom. The Bertz CT molecular complexity index is 509. The van der Waals surface area contributed by atoms with Crippen molar-refractivity contribution in [2.45, 2.75) is 6.92 Å². The third kappa shape index (κ3) is 2.14. The first-order valence-electron chi connectivity index (χ1n) is 5.12. The fraction of sp³-hybridized carbons (Fsp3) is 0.154. The van der Waals surface area contributed by atoms with Crippen LogP contribution in [0.2, 0.25) is 0 Å². The van der Waals surface area contributed by atoms with Crippen molar-refractivity contribution in [3.05, 3.63) is 47.8 Å². The summed E-state index contributed by atoms with van der Waals surface area (Å²) in [6.45, 7) is 2.05. The number of aromatic hydroxyl groups is 1. The minimum absolute atomic E-state index is 0.258. The van der Waals surface area contributed by atoms with Gasteiger partial charge in [-0.2, -0.15) is 0 Å². The topological polar surface area (TPSA) is 37.5 Å². The lowest BCUT2D eigenvalue weighted by molar-refractivity contribution is 0.475. The van der Waals surface area contributed by atoms with E-state index < -0.39 is 0 Å². The quantitative estimate of drug-likeness (QED) is 0.767. The zero-order chi connectivity index (χ0) is 11.5. The van der Waals surface area contributed by atoms with E-state index in [4.69, 9.17) is 5.11 Å². The average Bonchev–Trinajstić information content (AvgIpc) is 2.60. The summed E-state index contributed by atoms with van der Waals surface area (Å²) in [6.07, 6.45) is 1.82. The number of benzene rings is 1. The normalized spacial score (nSPS) is 11.1. The molecule has 0 aliphatic carbocycles. The summed E-state index contributed by atoms with van der Waals surface area (Å²) in [6, 6.07) is 10.9. The van der Waals surface area contributed by atoms with E-state index in [1.807, 2.05) is 19.3 Å². The van der Waals surface area contributed by atoms with E-state index in [1.165, 1.54) is 5.69 Å². The molecule has 0 fully saturated rings. The Hall–Kier alpha value is -2.03. The standard InChI is InChI=1S/C13H14N2O/c1-10-3-6-12(15(10)2)9-14-11-4-7-13(16)8-5-11/h3-9,16H,1-2H3. The highest BCUT2D eigenvalue weighted by atomic mass is 16.3. The summed E-state index contributed by atoms with van der Waals surface area (Å²) in [4.78, 5) is 4.33. The van der Waals surface area contributed by atoms with Crippen LogP contribution in [-0.4, -0.2) is 15.9 Å². The van der Waals surface area contributed by atoms with Crippen molar-refractivity contribution in [2.75, 3.05) is 0 Å². The van der Waals surface area contributed by atoms with Crippen LogP contribution in [0.3, 0.4) is 0 Å². The van der Waals surface area contributed by atoms with Crippen molar-refractivity contribution in [3.8, 4) is 5.75 Å². The van der Waals surface area contributed by atoms with Crippen LogP contribution in [-0.2, 0) is 7.05 Å². The van der Waals surface area contributed by atoms with Crippen LogP contribution >= 0.6 is 0 Å². The van der Waals surface area contributed by atoms with Gasteiger partial charge >= 0.3 is 0 Å². The monoisotopic (exact) mass is 214 g/mol. The molecule has 0 spiro atoms. The van der Waals surface area contributed by atoms with Crippen LogP contribution in [0.1, 0.15) is 11.4 Å². The zero-order valence-corrected chi connectivity index (χ0v) is 9.38. The van der Waals surface area contributed by atoms with Gasteiger partial charge in [-0.1, -0.05) is 0 Å². The molecule has 0 saturated carbocycles. The SMILES string of the molecule is Cc1ccc(C=Nc2ccc(O)cc2)n1C. The van der Waals surface area contributed by atoms with Crippen molar-refractivity contribution in [3.63, 3.8) is 0 Å². The number of hydrogen-bond acceptors (Lipinski definition) is 2. The number of phenolic OH excluding ortho intramolecular Hbond substituents is 1. The van der Waals surface area contributed by atoms with Crippen molar-refractivity contribution < 1.29 is 5.11 Å². The van der Waals surface area contributed by atoms with Crippen LogP contribution in [0.25, 0.3) is 0 Å². The van der Waals surface area contributed by atoms with Crippen molar-refractivity contribution >= 4 is 11.9 Å². The Balaban J connectivity index is 2.21. The van der Waals surface area contributed by atoms with E-state index in [-0.39, 0.29) is 5.75 Å². The second-order valence-electron chi connectivity index (χ2n) is 3.73. The van der Waals surface area contributed by atoms with Gasteiger partial charge < -0.3 is 9.67 Å². The average molecular weight is 214 g/mol. The lowest BCUT2D eigenvalue weighted by Gasteiger charge is -1.99. The molecule has 82 valence electrons. The minimum Gasteiger partial charge on any atom is -0.508 e. The highest BCUT2D eigenvalue weighted by Crippen LogP contribution is 2.16. The Morgan fingerprint density at radius 3 is 2.38 bits per heavy atom. The van der Waals surface area contributed by atoms with E-state index in [9.17, 15) is 0 Å². The number of rotatable bonds is 2. The fourth-order valence-corrected chi connectivity index (χ4v) is 1.44. The van der Waals surface area contributed by atoms with Crippen LogP contribution in [0.5, 0.6) is 5.75 Å². The summed E-state index contributed by atoms with van der Waals surface area (Å²) in [5, 5.41) is 9.13. The molecule has 0 bridgehead atoms. The number of phenols is 1. The predicted molar refractivity (Wildman–Crippen MR) is 65.5 cm³/mol. The molecule has 0 radical (unpaired) electrons. The number of aromatic nitrogens is 1. The molecule has 2 aromatic rings. The molecule has 0 aliphatic heterocycles. The van der Waals surface area contributed by atoms with Crippen LogP contribution in [0.15, 0.2) is 41.4 Å². The molecule has 16 heavy (non-hydrogen) atoms. The van der Waals surface area contributed by atoms with Gasteiger partial charge in [-0.25, -0.2) is 0 Å². The Labute approximate surface area is 94.7 Å². The summed E-state index contributed by atoms with van der Waals surface area (Å²) in [5.41, 5.74) is 3.09. The van der Waals surface area contributed by atoms with Gasteiger partial charge in [0.2, 0.25) is 0 Å². The summed E-state index contributed by atoms with van der Waals surface area (Å²) < 4.78 is 2.07. The summed E-state index contributed by atoms with van der Waals surface area (Å²) in [7, 11) is 2.01. The maximum absolute atomic E-state index is 9.13. The van der Waals surface area contributed by atoms with Gasteiger partial charge in [-0.15, -0.1) is 0 Å². The molecule has 0 aliphatic rings. The molecule has 0 saturated heterocycles. The van der Waals surface area contributed by atoms with E-state index >= 15 is 0 Å². The molecular weight excluding hydrogens is 200 g/mol. The van der Waals surface area contributed by atoms with E-state index in [0.29, 0.717) is 0 Å². The van der Waals surface area contributed by atoms with Crippen molar-refractivity contribution in [1.82, 2.24) is 4.57 Å². The first kappa shape index (κ1) is 10.5. The van der Waals surface area contributed by atoms with Crippen LogP contribution < -0.4 is 0 Å². The minimum atomic E-state index is 0.258. The maximum atomic E-state index is 9.13. The third-order valence-electron chi connectivity index (χ3n) is 2.61. The summed E-state index contributed by atoms with van der Waals surface area (Å²) >= 11 is 0. The first-order chi connectivity index (χ1) is 7.66. The van der Waals surface area contributed by atoms with Crippen molar-refractivity contribution in [2.24, 2.45) is 12.0 Å². The largest absolute Gasteiger partial charge is 0.508 e. The molecule has 0 unspecified atom stereocenters. The maximum Gasteiger partial charge on any atom is 0.115 e.